The number of ether oxygens (including phenoxy) is 6. The van der Waals surface area contributed by atoms with Crippen LogP contribution in [0.4, 0.5) is 0 Å². The Labute approximate surface area is 190 Å². The Morgan fingerprint density at radius 1 is 0.625 bits per heavy atom. The van der Waals surface area contributed by atoms with Crippen LogP contribution in [0.1, 0.15) is 68.2 Å². The lowest BCUT2D eigenvalue weighted by Crippen LogP contribution is -2.60. The van der Waals surface area contributed by atoms with E-state index in [9.17, 15) is 14.4 Å². The first-order chi connectivity index (χ1) is 15.0. The van der Waals surface area contributed by atoms with Crippen LogP contribution >= 0.6 is 0 Å². The van der Waals surface area contributed by atoms with Gasteiger partial charge in [0.05, 0.1) is 12.2 Å². The zero-order chi connectivity index (χ0) is 24.2. The molecule has 0 amide bonds. The van der Waals surface area contributed by atoms with Crippen molar-refractivity contribution in [3.05, 3.63) is 0 Å². The van der Waals surface area contributed by atoms with Crippen LogP contribution in [-0.2, 0) is 42.8 Å². The molecule has 2 saturated heterocycles. The average molecular weight is 459 g/mol. The number of carbonyl (C=O) groups is 3. The number of esters is 3. The van der Waals surface area contributed by atoms with Gasteiger partial charge in [-0.1, -0.05) is 34.6 Å². The van der Waals surface area contributed by atoms with Gasteiger partial charge < -0.3 is 28.4 Å². The van der Waals surface area contributed by atoms with E-state index in [1.165, 1.54) is 20.8 Å². The standard InChI is InChI=1S/C23H38O9/c1-9-17-11(3)12(4)20(27-14(6)24)22(30-17)32-19-13(5)18(10-2)31-23(29-16(8)26)21(19)28-15(7)25/h11-13,17-23H,9-10H2,1-8H3/t11-,12-,13+,17+,18+,19-,20-,21-,22+,23-/m0/s1. The zero-order valence-corrected chi connectivity index (χ0v) is 20.4. The van der Waals surface area contributed by atoms with Crippen molar-refractivity contribution in [2.45, 2.75) is 111 Å². The van der Waals surface area contributed by atoms with Gasteiger partial charge in [-0.2, -0.15) is 0 Å². The number of hydrogen-bond acceptors (Lipinski definition) is 9. The van der Waals surface area contributed by atoms with Gasteiger partial charge >= 0.3 is 17.9 Å². The predicted octanol–water partition coefficient (Wildman–Crippen LogP) is 2.98. The van der Waals surface area contributed by atoms with Crippen molar-refractivity contribution >= 4 is 17.9 Å². The fourth-order valence-electron chi connectivity index (χ4n) is 4.63. The van der Waals surface area contributed by atoms with Gasteiger partial charge in [0.15, 0.2) is 18.5 Å². The Morgan fingerprint density at radius 3 is 1.59 bits per heavy atom. The molecule has 184 valence electrons. The quantitative estimate of drug-likeness (QED) is 0.420. The highest BCUT2D eigenvalue weighted by molar-refractivity contribution is 5.67. The van der Waals surface area contributed by atoms with Crippen molar-refractivity contribution in [1.82, 2.24) is 0 Å². The molecule has 0 saturated carbocycles. The van der Waals surface area contributed by atoms with Crippen LogP contribution in [0.25, 0.3) is 0 Å². The minimum Gasteiger partial charge on any atom is -0.457 e. The summed E-state index contributed by atoms with van der Waals surface area (Å²) in [6.45, 7) is 13.9. The zero-order valence-electron chi connectivity index (χ0n) is 20.4. The van der Waals surface area contributed by atoms with Gasteiger partial charge in [-0.3, -0.25) is 14.4 Å². The highest BCUT2D eigenvalue weighted by Gasteiger charge is 2.52. The van der Waals surface area contributed by atoms with E-state index in [0.29, 0.717) is 6.42 Å². The van der Waals surface area contributed by atoms with Crippen molar-refractivity contribution in [3.63, 3.8) is 0 Å². The second-order valence-electron chi connectivity index (χ2n) is 8.84. The van der Waals surface area contributed by atoms with E-state index in [4.69, 9.17) is 28.4 Å². The minimum absolute atomic E-state index is 0.0174. The molecular weight excluding hydrogens is 420 g/mol. The lowest BCUT2D eigenvalue weighted by atomic mass is 9.82. The molecule has 2 heterocycles. The molecule has 0 spiro atoms. The first-order valence-electron chi connectivity index (χ1n) is 11.5. The molecule has 0 aliphatic carbocycles. The maximum absolute atomic E-state index is 11.9. The van der Waals surface area contributed by atoms with E-state index in [1.807, 2.05) is 27.7 Å². The first-order valence-corrected chi connectivity index (χ1v) is 11.5. The van der Waals surface area contributed by atoms with Gasteiger partial charge in [0.25, 0.3) is 0 Å². The van der Waals surface area contributed by atoms with E-state index in [1.54, 1.807) is 0 Å². The predicted molar refractivity (Wildman–Crippen MR) is 113 cm³/mol. The Balaban J connectivity index is 2.39. The molecule has 0 aromatic heterocycles. The normalized spacial score (nSPS) is 39.8. The molecule has 2 rings (SSSR count). The molecule has 2 fully saturated rings. The van der Waals surface area contributed by atoms with Gasteiger partial charge in [-0.25, -0.2) is 0 Å². The molecule has 32 heavy (non-hydrogen) atoms. The van der Waals surface area contributed by atoms with Crippen LogP contribution in [0.5, 0.6) is 0 Å². The van der Waals surface area contributed by atoms with E-state index in [-0.39, 0.29) is 30.0 Å². The van der Waals surface area contributed by atoms with Gasteiger partial charge in [0.2, 0.25) is 6.29 Å². The van der Waals surface area contributed by atoms with Crippen molar-refractivity contribution in [1.29, 1.82) is 0 Å². The summed E-state index contributed by atoms with van der Waals surface area (Å²) < 4.78 is 35.0. The van der Waals surface area contributed by atoms with Gasteiger partial charge in [0.1, 0.15) is 6.10 Å². The van der Waals surface area contributed by atoms with Crippen molar-refractivity contribution in [2.24, 2.45) is 17.8 Å². The fraction of sp³-hybridized carbons (Fsp3) is 0.870. The molecule has 0 radical (unpaired) electrons. The van der Waals surface area contributed by atoms with Crippen LogP contribution in [0.2, 0.25) is 0 Å². The minimum atomic E-state index is -1.11. The van der Waals surface area contributed by atoms with E-state index in [0.717, 1.165) is 6.42 Å². The summed E-state index contributed by atoms with van der Waals surface area (Å²) in [5, 5.41) is 0. The topological polar surface area (TPSA) is 107 Å². The van der Waals surface area contributed by atoms with Crippen LogP contribution in [0.3, 0.4) is 0 Å². The number of hydrogen-bond donors (Lipinski definition) is 0. The Bertz CT molecular complexity index is 666. The highest BCUT2D eigenvalue weighted by atomic mass is 16.7. The molecule has 0 unspecified atom stereocenters. The lowest BCUT2D eigenvalue weighted by molar-refractivity contribution is -0.338. The summed E-state index contributed by atoms with van der Waals surface area (Å²) in [7, 11) is 0. The van der Waals surface area contributed by atoms with Crippen LogP contribution in [-0.4, -0.2) is 61.0 Å². The Kier molecular flexibility index (Phi) is 9.48. The summed E-state index contributed by atoms with van der Waals surface area (Å²) in [6, 6.07) is 0. The van der Waals surface area contributed by atoms with E-state index >= 15 is 0 Å². The summed E-state index contributed by atoms with van der Waals surface area (Å²) in [6.07, 6.45) is -3.30. The molecule has 9 nitrogen and oxygen atoms in total. The third-order valence-electron chi connectivity index (χ3n) is 6.50. The monoisotopic (exact) mass is 458 g/mol. The van der Waals surface area contributed by atoms with E-state index in [2.05, 4.69) is 6.92 Å². The number of carbonyl (C=O) groups excluding carboxylic acids is 3. The van der Waals surface area contributed by atoms with Crippen LogP contribution < -0.4 is 0 Å². The summed E-state index contributed by atoms with van der Waals surface area (Å²) >= 11 is 0. The Morgan fingerprint density at radius 2 is 1.09 bits per heavy atom. The number of rotatable bonds is 7. The highest BCUT2D eigenvalue weighted by Crippen LogP contribution is 2.39. The summed E-state index contributed by atoms with van der Waals surface area (Å²) in [5.41, 5.74) is 0. The van der Waals surface area contributed by atoms with Crippen molar-refractivity contribution < 1.29 is 42.8 Å². The molecule has 10 atom stereocenters. The van der Waals surface area contributed by atoms with Crippen molar-refractivity contribution in [3.8, 4) is 0 Å². The van der Waals surface area contributed by atoms with Gasteiger partial charge in [0, 0.05) is 32.6 Å². The molecule has 2 aliphatic heterocycles. The fourth-order valence-corrected chi connectivity index (χ4v) is 4.63. The third kappa shape index (κ3) is 6.20. The summed E-state index contributed by atoms with van der Waals surface area (Å²) in [5.74, 6) is -1.63. The summed E-state index contributed by atoms with van der Waals surface area (Å²) in [4.78, 5) is 35.4. The van der Waals surface area contributed by atoms with Crippen LogP contribution in [0.15, 0.2) is 0 Å². The van der Waals surface area contributed by atoms with Crippen LogP contribution in [0, 0.1) is 17.8 Å². The second kappa shape index (κ2) is 11.4. The maximum atomic E-state index is 11.9. The largest absolute Gasteiger partial charge is 0.457 e. The molecule has 2 aliphatic rings. The molecule has 9 heteroatoms. The average Bonchev–Trinajstić information content (AvgIpc) is 2.70. The molecule has 0 aromatic carbocycles. The lowest BCUT2D eigenvalue weighted by Gasteiger charge is -2.48. The molecular formula is C23H38O9. The molecule has 0 N–H and O–H groups in total. The van der Waals surface area contributed by atoms with Gasteiger partial charge in [-0.05, 0) is 18.8 Å². The van der Waals surface area contributed by atoms with Crippen molar-refractivity contribution in [2.75, 3.05) is 0 Å². The maximum Gasteiger partial charge on any atom is 0.305 e. The smallest absolute Gasteiger partial charge is 0.305 e. The first kappa shape index (κ1) is 26.5. The van der Waals surface area contributed by atoms with E-state index < -0.39 is 48.8 Å². The van der Waals surface area contributed by atoms with Gasteiger partial charge in [-0.15, -0.1) is 0 Å². The Hall–Kier alpha value is -1.71. The molecule has 0 bridgehead atoms. The third-order valence-corrected chi connectivity index (χ3v) is 6.50. The second-order valence-corrected chi connectivity index (χ2v) is 8.84. The molecule has 0 aromatic rings. The SMILES string of the molecule is CC[C@H]1O[C@H](O[C@H]2[C@H](C)[C@@H](CC)O[C@H](OC(C)=O)[C@H]2OC(C)=O)[C@@H](OC(C)=O)[C@@H](C)[C@@H]1C.